The molecule has 0 saturated heterocycles. The molecule has 68 valence electrons. The molecule has 0 aliphatic heterocycles. The molecule has 3 atom stereocenters. The molecule has 3 heteroatoms. The van der Waals surface area contributed by atoms with Crippen LogP contribution in [-0.4, -0.2) is 17.6 Å². The molecule has 2 fully saturated rings. The van der Waals surface area contributed by atoms with Crippen molar-refractivity contribution in [3.05, 3.63) is 0 Å². The number of nitrogens with two attached hydrogens (primary N) is 1. The van der Waals surface area contributed by atoms with Crippen LogP contribution >= 0.6 is 0 Å². The van der Waals surface area contributed by atoms with Crippen LogP contribution in [0, 0.1) is 17.3 Å². The van der Waals surface area contributed by atoms with Crippen molar-refractivity contribution in [2.24, 2.45) is 23.0 Å². The number of carboxylic acids is 1. The van der Waals surface area contributed by atoms with E-state index in [0.717, 1.165) is 19.3 Å². The Balaban J connectivity index is 2.25. The molecule has 3 N–H and O–H groups in total. The molecule has 2 aliphatic rings. The quantitative estimate of drug-likeness (QED) is 0.643. The lowest BCUT2D eigenvalue weighted by atomic mass is 9.73. The van der Waals surface area contributed by atoms with Gasteiger partial charge in [-0.3, -0.25) is 4.79 Å². The van der Waals surface area contributed by atoms with E-state index in [0.29, 0.717) is 18.4 Å². The Labute approximate surface area is 71.9 Å². The number of carboxylic acid groups (broad SMARTS) is 1. The molecule has 3 nitrogen and oxygen atoms in total. The van der Waals surface area contributed by atoms with Crippen LogP contribution in [0.15, 0.2) is 0 Å². The minimum atomic E-state index is -0.669. The molecule has 2 bridgehead atoms. The number of aliphatic carboxylic acids is 1. The molecule has 0 radical (unpaired) electrons. The highest BCUT2D eigenvalue weighted by Crippen LogP contribution is 2.55. The third kappa shape index (κ3) is 0.829. The summed E-state index contributed by atoms with van der Waals surface area (Å²) in [6.07, 6.45) is 4.22. The van der Waals surface area contributed by atoms with Crippen molar-refractivity contribution in [2.75, 3.05) is 6.54 Å². The molecule has 0 aromatic heterocycles. The highest BCUT2D eigenvalue weighted by molar-refractivity contribution is 5.76. The standard InChI is InChI=1S/C9H15NO2/c10-5-9(8(11)12)4-6-1-2-7(9)3-6/h6-7H,1-5,10H2,(H,11,12). The van der Waals surface area contributed by atoms with Gasteiger partial charge in [0.05, 0.1) is 5.41 Å². The zero-order valence-corrected chi connectivity index (χ0v) is 7.12. The van der Waals surface area contributed by atoms with Gasteiger partial charge in [0.15, 0.2) is 0 Å². The van der Waals surface area contributed by atoms with Crippen molar-refractivity contribution in [3.8, 4) is 0 Å². The zero-order chi connectivity index (χ0) is 8.77. The van der Waals surface area contributed by atoms with E-state index in [9.17, 15) is 4.79 Å². The first-order valence-corrected chi connectivity index (χ1v) is 4.62. The van der Waals surface area contributed by atoms with Crippen molar-refractivity contribution in [1.82, 2.24) is 0 Å². The highest BCUT2D eigenvalue weighted by atomic mass is 16.4. The maximum absolute atomic E-state index is 11.1. The van der Waals surface area contributed by atoms with Gasteiger partial charge < -0.3 is 10.8 Å². The summed E-state index contributed by atoms with van der Waals surface area (Å²) in [6.45, 7) is 0.323. The maximum atomic E-state index is 11.1. The first kappa shape index (κ1) is 8.05. The fourth-order valence-corrected chi connectivity index (χ4v) is 3.04. The predicted molar refractivity (Wildman–Crippen MR) is 44.6 cm³/mol. The molecule has 3 unspecified atom stereocenters. The second-order valence-corrected chi connectivity index (χ2v) is 4.25. The smallest absolute Gasteiger partial charge is 0.311 e. The average molecular weight is 169 g/mol. The van der Waals surface area contributed by atoms with Gasteiger partial charge in [-0.25, -0.2) is 0 Å². The van der Waals surface area contributed by atoms with Gasteiger partial charge in [-0.2, -0.15) is 0 Å². The molecular formula is C9H15NO2. The summed E-state index contributed by atoms with van der Waals surface area (Å²) in [5, 5.41) is 9.11. The summed E-state index contributed by atoms with van der Waals surface area (Å²) in [5.41, 5.74) is 5.02. The van der Waals surface area contributed by atoms with E-state index in [-0.39, 0.29) is 0 Å². The number of hydrogen-bond acceptors (Lipinski definition) is 2. The highest BCUT2D eigenvalue weighted by Gasteiger charge is 2.54. The Hall–Kier alpha value is -0.570. The SMILES string of the molecule is NCC1(C(=O)O)CC2CCC1C2. The van der Waals surface area contributed by atoms with Crippen LogP contribution in [0.1, 0.15) is 25.7 Å². The molecule has 2 aliphatic carbocycles. The summed E-state index contributed by atoms with van der Waals surface area (Å²) >= 11 is 0. The Morgan fingerprint density at radius 3 is 2.58 bits per heavy atom. The van der Waals surface area contributed by atoms with E-state index in [2.05, 4.69) is 0 Å². The normalized spacial score (nSPS) is 45.1. The summed E-state index contributed by atoms with van der Waals surface area (Å²) in [4.78, 5) is 11.1. The first-order chi connectivity index (χ1) is 5.69. The van der Waals surface area contributed by atoms with Crippen LogP contribution < -0.4 is 5.73 Å². The van der Waals surface area contributed by atoms with E-state index < -0.39 is 11.4 Å². The Morgan fingerprint density at radius 1 is 1.58 bits per heavy atom. The second-order valence-electron chi connectivity index (χ2n) is 4.25. The Morgan fingerprint density at radius 2 is 2.33 bits per heavy atom. The van der Waals surface area contributed by atoms with Gasteiger partial charge in [0.25, 0.3) is 0 Å². The monoisotopic (exact) mass is 169 g/mol. The van der Waals surface area contributed by atoms with Crippen LogP contribution in [-0.2, 0) is 4.79 Å². The number of carbonyl (C=O) groups is 1. The predicted octanol–water partition coefficient (Wildman–Crippen LogP) is 0.836. The number of hydrogen-bond donors (Lipinski definition) is 2. The summed E-state index contributed by atoms with van der Waals surface area (Å²) < 4.78 is 0. The Bertz CT molecular complexity index is 217. The summed E-state index contributed by atoms with van der Waals surface area (Å²) in [7, 11) is 0. The summed E-state index contributed by atoms with van der Waals surface area (Å²) in [6, 6.07) is 0. The third-order valence-electron chi connectivity index (χ3n) is 3.77. The van der Waals surface area contributed by atoms with Gasteiger partial charge in [0, 0.05) is 6.54 Å². The van der Waals surface area contributed by atoms with E-state index in [1.165, 1.54) is 6.42 Å². The minimum absolute atomic E-state index is 0.323. The van der Waals surface area contributed by atoms with Gasteiger partial charge in [-0.15, -0.1) is 0 Å². The molecule has 0 aromatic rings. The fourth-order valence-electron chi connectivity index (χ4n) is 3.04. The van der Waals surface area contributed by atoms with Gasteiger partial charge in [0.1, 0.15) is 0 Å². The molecule has 0 aromatic carbocycles. The molecular weight excluding hydrogens is 154 g/mol. The molecule has 0 amide bonds. The van der Waals surface area contributed by atoms with E-state index >= 15 is 0 Å². The van der Waals surface area contributed by atoms with Gasteiger partial charge >= 0.3 is 5.97 Å². The zero-order valence-electron chi connectivity index (χ0n) is 7.12. The molecule has 2 saturated carbocycles. The number of rotatable bonds is 2. The third-order valence-corrected chi connectivity index (χ3v) is 3.77. The van der Waals surface area contributed by atoms with Gasteiger partial charge in [0.2, 0.25) is 0 Å². The van der Waals surface area contributed by atoms with Gasteiger partial charge in [-0.1, -0.05) is 6.42 Å². The largest absolute Gasteiger partial charge is 0.481 e. The van der Waals surface area contributed by atoms with E-state index in [4.69, 9.17) is 10.8 Å². The minimum Gasteiger partial charge on any atom is -0.481 e. The van der Waals surface area contributed by atoms with Crippen LogP contribution in [0.2, 0.25) is 0 Å². The van der Waals surface area contributed by atoms with Crippen LogP contribution in [0.4, 0.5) is 0 Å². The lowest BCUT2D eigenvalue weighted by Crippen LogP contribution is -2.42. The van der Waals surface area contributed by atoms with Crippen molar-refractivity contribution in [1.29, 1.82) is 0 Å². The lowest BCUT2D eigenvalue weighted by molar-refractivity contribution is -0.151. The van der Waals surface area contributed by atoms with E-state index in [1.807, 2.05) is 0 Å². The first-order valence-electron chi connectivity index (χ1n) is 4.62. The van der Waals surface area contributed by atoms with Crippen molar-refractivity contribution >= 4 is 5.97 Å². The van der Waals surface area contributed by atoms with Crippen LogP contribution in [0.25, 0.3) is 0 Å². The average Bonchev–Trinajstić information content (AvgIpc) is 2.62. The molecule has 0 spiro atoms. The Kier molecular flexibility index (Phi) is 1.65. The van der Waals surface area contributed by atoms with Crippen LogP contribution in [0.5, 0.6) is 0 Å². The van der Waals surface area contributed by atoms with Crippen LogP contribution in [0.3, 0.4) is 0 Å². The van der Waals surface area contributed by atoms with Gasteiger partial charge in [-0.05, 0) is 31.1 Å². The fraction of sp³-hybridized carbons (Fsp3) is 0.889. The van der Waals surface area contributed by atoms with Crippen molar-refractivity contribution < 1.29 is 9.90 Å². The van der Waals surface area contributed by atoms with E-state index in [1.54, 1.807) is 0 Å². The molecule has 12 heavy (non-hydrogen) atoms. The number of fused-ring (bicyclic) bond motifs is 2. The molecule has 0 heterocycles. The topological polar surface area (TPSA) is 63.3 Å². The molecule has 2 rings (SSSR count). The summed E-state index contributed by atoms with van der Waals surface area (Å²) in [5.74, 6) is 0.344. The van der Waals surface area contributed by atoms with Crippen molar-refractivity contribution in [2.45, 2.75) is 25.7 Å². The van der Waals surface area contributed by atoms with Crippen molar-refractivity contribution in [3.63, 3.8) is 0 Å². The maximum Gasteiger partial charge on any atom is 0.311 e. The lowest BCUT2D eigenvalue weighted by Gasteiger charge is -2.31. The second kappa shape index (κ2) is 2.46.